The Balaban J connectivity index is 2.44. The van der Waals surface area contributed by atoms with Crippen molar-refractivity contribution in [2.75, 3.05) is 6.54 Å². The molecule has 0 bridgehead atoms. The average Bonchev–Trinajstić information content (AvgIpc) is 2.70. The Morgan fingerprint density at radius 3 is 2.87 bits per heavy atom. The first kappa shape index (κ1) is 11.8. The number of rotatable bonds is 5. The minimum Gasteiger partial charge on any atom is -0.467 e. The molecular weight excluding hydrogens is 192 g/mol. The number of amides is 1. The number of nitrogens with one attached hydrogen (secondary N) is 1. The van der Waals surface area contributed by atoms with E-state index in [0.29, 0.717) is 13.0 Å². The molecule has 1 amide bonds. The summed E-state index contributed by atoms with van der Waals surface area (Å²) in [6, 6.07) is 3.56. The molecule has 2 unspecified atom stereocenters. The van der Waals surface area contributed by atoms with Gasteiger partial charge in [-0.05, 0) is 32.0 Å². The first-order valence-corrected chi connectivity index (χ1v) is 5.19. The molecule has 1 rings (SSSR count). The third-order valence-electron chi connectivity index (χ3n) is 2.38. The predicted molar refractivity (Wildman–Crippen MR) is 58.1 cm³/mol. The maximum absolute atomic E-state index is 11.6. The monoisotopic (exact) mass is 210 g/mol. The molecule has 0 saturated carbocycles. The molecule has 0 aliphatic carbocycles. The SMILES string of the molecule is CC(CCN)C(=O)NC(C)c1ccco1. The summed E-state index contributed by atoms with van der Waals surface area (Å²) in [4.78, 5) is 11.6. The van der Waals surface area contributed by atoms with Gasteiger partial charge in [-0.1, -0.05) is 6.92 Å². The first-order valence-electron chi connectivity index (χ1n) is 5.19. The van der Waals surface area contributed by atoms with E-state index < -0.39 is 0 Å². The minimum absolute atomic E-state index is 0.0179. The van der Waals surface area contributed by atoms with Crippen molar-refractivity contribution in [1.82, 2.24) is 5.32 Å². The highest BCUT2D eigenvalue weighted by molar-refractivity contribution is 5.78. The van der Waals surface area contributed by atoms with Crippen molar-refractivity contribution >= 4 is 5.91 Å². The number of hydrogen-bond donors (Lipinski definition) is 2. The number of carbonyl (C=O) groups excluding carboxylic acids is 1. The summed E-state index contributed by atoms with van der Waals surface area (Å²) in [6.45, 7) is 4.30. The number of carbonyl (C=O) groups is 1. The summed E-state index contributed by atoms with van der Waals surface area (Å²) in [5.74, 6) is 0.736. The molecule has 0 spiro atoms. The molecule has 0 radical (unpaired) electrons. The van der Waals surface area contributed by atoms with Gasteiger partial charge in [0, 0.05) is 5.92 Å². The summed E-state index contributed by atoms with van der Waals surface area (Å²) < 4.78 is 5.20. The maximum Gasteiger partial charge on any atom is 0.223 e. The molecule has 0 saturated heterocycles. The van der Waals surface area contributed by atoms with Gasteiger partial charge in [0.15, 0.2) is 0 Å². The van der Waals surface area contributed by atoms with Crippen molar-refractivity contribution in [1.29, 1.82) is 0 Å². The third-order valence-corrected chi connectivity index (χ3v) is 2.38. The molecule has 1 aromatic rings. The zero-order valence-corrected chi connectivity index (χ0v) is 9.19. The Labute approximate surface area is 89.8 Å². The van der Waals surface area contributed by atoms with Gasteiger partial charge in [0.25, 0.3) is 0 Å². The number of nitrogens with two attached hydrogens (primary N) is 1. The Kier molecular flexibility index (Phi) is 4.37. The zero-order chi connectivity index (χ0) is 11.3. The van der Waals surface area contributed by atoms with E-state index in [0.717, 1.165) is 5.76 Å². The first-order chi connectivity index (χ1) is 7.15. The van der Waals surface area contributed by atoms with E-state index >= 15 is 0 Å². The standard InChI is InChI=1S/C11H18N2O2/c1-8(5-6-12)11(14)13-9(2)10-4-3-7-15-10/h3-4,7-9H,5-6,12H2,1-2H3,(H,13,14). The molecule has 0 aliphatic heterocycles. The van der Waals surface area contributed by atoms with Crippen LogP contribution in [0.25, 0.3) is 0 Å². The van der Waals surface area contributed by atoms with Gasteiger partial charge in [-0.3, -0.25) is 4.79 Å². The van der Waals surface area contributed by atoms with Crippen LogP contribution in [0.4, 0.5) is 0 Å². The second kappa shape index (κ2) is 5.56. The van der Waals surface area contributed by atoms with Crippen molar-refractivity contribution < 1.29 is 9.21 Å². The van der Waals surface area contributed by atoms with Crippen LogP contribution in [0.15, 0.2) is 22.8 Å². The number of furan rings is 1. The highest BCUT2D eigenvalue weighted by Gasteiger charge is 2.16. The Morgan fingerprint density at radius 1 is 1.60 bits per heavy atom. The van der Waals surface area contributed by atoms with E-state index in [4.69, 9.17) is 10.2 Å². The molecule has 15 heavy (non-hydrogen) atoms. The van der Waals surface area contributed by atoms with E-state index in [-0.39, 0.29) is 17.9 Å². The summed E-state index contributed by atoms with van der Waals surface area (Å²) >= 11 is 0. The molecule has 1 heterocycles. The van der Waals surface area contributed by atoms with Gasteiger partial charge in [-0.25, -0.2) is 0 Å². The lowest BCUT2D eigenvalue weighted by molar-refractivity contribution is -0.125. The van der Waals surface area contributed by atoms with Gasteiger partial charge in [0.2, 0.25) is 5.91 Å². The predicted octanol–water partition coefficient (Wildman–Crippen LogP) is 1.44. The summed E-state index contributed by atoms with van der Waals surface area (Å²) in [6.07, 6.45) is 2.30. The molecular formula is C11H18N2O2. The van der Waals surface area contributed by atoms with Crippen LogP contribution in [0.3, 0.4) is 0 Å². The van der Waals surface area contributed by atoms with Gasteiger partial charge >= 0.3 is 0 Å². The van der Waals surface area contributed by atoms with Crippen LogP contribution in [-0.2, 0) is 4.79 Å². The molecule has 84 valence electrons. The lowest BCUT2D eigenvalue weighted by Crippen LogP contribution is -2.32. The summed E-state index contributed by atoms with van der Waals surface area (Å²) in [5.41, 5.74) is 5.39. The van der Waals surface area contributed by atoms with Gasteiger partial charge in [0.1, 0.15) is 5.76 Å². The van der Waals surface area contributed by atoms with E-state index in [1.807, 2.05) is 19.9 Å². The summed E-state index contributed by atoms with van der Waals surface area (Å²) in [7, 11) is 0. The van der Waals surface area contributed by atoms with Crippen LogP contribution >= 0.6 is 0 Å². The van der Waals surface area contributed by atoms with Crippen molar-refractivity contribution in [3.05, 3.63) is 24.2 Å². The minimum atomic E-state index is -0.0901. The van der Waals surface area contributed by atoms with Crippen LogP contribution < -0.4 is 11.1 Å². The van der Waals surface area contributed by atoms with Gasteiger partial charge in [-0.15, -0.1) is 0 Å². The topological polar surface area (TPSA) is 68.3 Å². The van der Waals surface area contributed by atoms with E-state index in [1.165, 1.54) is 0 Å². The molecule has 0 aromatic carbocycles. The third kappa shape index (κ3) is 3.40. The molecule has 1 aromatic heterocycles. The van der Waals surface area contributed by atoms with Crippen LogP contribution in [0, 0.1) is 5.92 Å². The van der Waals surface area contributed by atoms with E-state index in [1.54, 1.807) is 12.3 Å². The van der Waals surface area contributed by atoms with Crippen molar-refractivity contribution in [3.8, 4) is 0 Å². The lowest BCUT2D eigenvalue weighted by atomic mass is 10.1. The van der Waals surface area contributed by atoms with Crippen LogP contribution in [0.5, 0.6) is 0 Å². The van der Waals surface area contributed by atoms with Crippen molar-refractivity contribution in [3.63, 3.8) is 0 Å². The fraction of sp³-hybridized carbons (Fsp3) is 0.545. The maximum atomic E-state index is 11.6. The fourth-order valence-corrected chi connectivity index (χ4v) is 1.35. The van der Waals surface area contributed by atoms with E-state index in [2.05, 4.69) is 5.32 Å². The van der Waals surface area contributed by atoms with Crippen molar-refractivity contribution in [2.45, 2.75) is 26.3 Å². The Bertz CT molecular complexity index is 296. The van der Waals surface area contributed by atoms with Gasteiger partial charge in [-0.2, -0.15) is 0 Å². The Hall–Kier alpha value is -1.29. The van der Waals surface area contributed by atoms with Gasteiger partial charge in [0.05, 0.1) is 12.3 Å². The fourth-order valence-electron chi connectivity index (χ4n) is 1.35. The summed E-state index contributed by atoms with van der Waals surface area (Å²) in [5, 5.41) is 2.88. The molecule has 0 fully saturated rings. The molecule has 0 aliphatic rings. The second-order valence-corrected chi connectivity index (χ2v) is 3.72. The Morgan fingerprint density at radius 2 is 2.33 bits per heavy atom. The highest BCUT2D eigenvalue weighted by Crippen LogP contribution is 2.13. The van der Waals surface area contributed by atoms with Crippen LogP contribution in [0.2, 0.25) is 0 Å². The largest absolute Gasteiger partial charge is 0.467 e. The van der Waals surface area contributed by atoms with Crippen LogP contribution in [0.1, 0.15) is 32.1 Å². The molecule has 4 nitrogen and oxygen atoms in total. The highest BCUT2D eigenvalue weighted by atomic mass is 16.3. The number of hydrogen-bond acceptors (Lipinski definition) is 3. The quantitative estimate of drug-likeness (QED) is 0.772. The molecule has 2 atom stereocenters. The van der Waals surface area contributed by atoms with Crippen molar-refractivity contribution in [2.24, 2.45) is 11.7 Å². The molecule has 4 heteroatoms. The normalized spacial score (nSPS) is 14.6. The second-order valence-electron chi connectivity index (χ2n) is 3.72. The van der Waals surface area contributed by atoms with Gasteiger partial charge < -0.3 is 15.5 Å². The average molecular weight is 210 g/mol. The van der Waals surface area contributed by atoms with E-state index in [9.17, 15) is 4.79 Å². The van der Waals surface area contributed by atoms with Crippen LogP contribution in [-0.4, -0.2) is 12.5 Å². The smallest absolute Gasteiger partial charge is 0.223 e. The zero-order valence-electron chi connectivity index (χ0n) is 9.19. The molecule has 3 N–H and O–H groups in total. The lowest BCUT2D eigenvalue weighted by Gasteiger charge is -2.15.